The quantitative estimate of drug-likeness (QED) is 0.0147. The van der Waals surface area contributed by atoms with Crippen molar-refractivity contribution < 1.29 is 65.6 Å². The van der Waals surface area contributed by atoms with E-state index in [1.54, 1.807) is 113 Å². The van der Waals surface area contributed by atoms with Crippen molar-refractivity contribution in [1.29, 1.82) is 0 Å². The van der Waals surface area contributed by atoms with Gasteiger partial charge in [-0.2, -0.15) is 4.21 Å². The highest BCUT2D eigenvalue weighted by Gasteiger charge is 2.44. The van der Waals surface area contributed by atoms with Gasteiger partial charge in [0, 0.05) is 39.6 Å². The Morgan fingerprint density at radius 3 is 1.55 bits per heavy atom. The van der Waals surface area contributed by atoms with Gasteiger partial charge in [-0.25, -0.2) is 8.42 Å². The van der Waals surface area contributed by atoms with Crippen LogP contribution < -0.4 is 50.3 Å². The third-order valence-electron chi connectivity index (χ3n) is 17.7. The first-order valence-corrected chi connectivity index (χ1v) is 39.2. The number of nitrogens with one attached hydrogen (secondary N) is 8. The van der Waals surface area contributed by atoms with Gasteiger partial charge >= 0.3 is 11.3 Å². The van der Waals surface area contributed by atoms with E-state index in [2.05, 4.69) is 48.3 Å². The number of halogens is 4. The van der Waals surface area contributed by atoms with E-state index < -0.39 is 55.9 Å². The summed E-state index contributed by atoms with van der Waals surface area (Å²) < 4.78 is 53.7. The SMILES string of the molecule is CCCCCCCCCCCCC(Oc1ccc(NS(=O)(=O)CCCC)cc1)C(=O)Nc1cc(O)c(NC(=O)c2ccccc2)cc1Cl.Cc1ccc(OS(=O)Nc2cc(C(=O)Nc3cc(Cl)c4c(c3O)C(C)(C)C(=O)N4)ccc2Cl)cc1.Cc1cccc(C(=O)Nc2cc(Cl)c3c(c2O)C(C)(C)C(=O)N3)c1. The topological polar surface area (TPSA) is 329 Å². The Kier molecular flexibility index (Phi) is 29.4. The molecule has 2 aliphatic rings. The predicted molar refractivity (Wildman–Crippen MR) is 427 cm³/mol. The van der Waals surface area contributed by atoms with E-state index in [4.69, 9.17) is 55.3 Å². The number of amides is 6. The maximum Gasteiger partial charge on any atom is 0.316 e. The molecule has 6 amide bonds. The van der Waals surface area contributed by atoms with Crippen molar-refractivity contribution >= 4 is 149 Å². The van der Waals surface area contributed by atoms with Crippen molar-refractivity contribution in [2.75, 3.05) is 47.1 Å². The van der Waals surface area contributed by atoms with Gasteiger partial charge in [0.25, 0.3) is 23.6 Å². The van der Waals surface area contributed by atoms with Crippen LogP contribution in [0.2, 0.25) is 20.1 Å². The number of phenolic OH excluding ortho intramolecular Hbond substituents is 3. The van der Waals surface area contributed by atoms with Crippen LogP contribution in [0.25, 0.3) is 0 Å². The lowest BCUT2D eigenvalue weighted by Gasteiger charge is -2.20. The molecule has 0 bridgehead atoms. The summed E-state index contributed by atoms with van der Waals surface area (Å²) in [6, 6.07) is 38.9. The molecule has 107 heavy (non-hydrogen) atoms. The third-order valence-corrected chi connectivity index (χ3v) is 21.0. The van der Waals surface area contributed by atoms with E-state index >= 15 is 0 Å². The van der Waals surface area contributed by atoms with Gasteiger partial charge in [-0.1, -0.05) is 178 Å². The summed E-state index contributed by atoms with van der Waals surface area (Å²) in [6.07, 6.45) is 12.4. The smallest absolute Gasteiger partial charge is 0.316 e. The molecular formula is C79H88Cl4N8O14S2. The molecule has 8 aromatic carbocycles. The van der Waals surface area contributed by atoms with Gasteiger partial charge in [0.15, 0.2) is 6.10 Å². The monoisotopic (exact) mass is 1580 g/mol. The minimum atomic E-state index is -3.45. The number of anilines is 8. The van der Waals surface area contributed by atoms with E-state index in [0.29, 0.717) is 63.7 Å². The second-order valence-electron chi connectivity index (χ2n) is 26.9. The molecule has 2 unspecified atom stereocenters. The first-order chi connectivity index (χ1) is 50.8. The molecule has 22 nitrogen and oxygen atoms in total. The molecule has 0 fully saturated rings. The van der Waals surface area contributed by atoms with E-state index in [-0.39, 0.29) is 94.8 Å². The van der Waals surface area contributed by atoms with Gasteiger partial charge in [0.1, 0.15) is 28.7 Å². The Morgan fingerprint density at radius 1 is 0.505 bits per heavy atom. The summed E-state index contributed by atoms with van der Waals surface area (Å²) in [4.78, 5) is 75.8. The highest BCUT2D eigenvalue weighted by atomic mass is 35.5. The minimum absolute atomic E-state index is 0.0408. The van der Waals surface area contributed by atoms with Gasteiger partial charge < -0.3 is 56.1 Å². The molecule has 0 spiro atoms. The molecule has 0 aliphatic carbocycles. The van der Waals surface area contributed by atoms with Gasteiger partial charge in [-0.05, 0) is 158 Å². The molecule has 2 atom stereocenters. The van der Waals surface area contributed by atoms with Crippen LogP contribution in [0, 0.1) is 13.8 Å². The fourth-order valence-corrected chi connectivity index (χ4v) is 14.4. The summed E-state index contributed by atoms with van der Waals surface area (Å²) in [6.45, 7) is 14.6. The van der Waals surface area contributed by atoms with E-state index in [9.17, 15) is 56.7 Å². The second-order valence-corrected chi connectivity index (χ2v) is 31.2. The zero-order valence-electron chi connectivity index (χ0n) is 60.5. The Labute approximate surface area is 646 Å². The van der Waals surface area contributed by atoms with Gasteiger partial charge in [0.05, 0.1) is 76.5 Å². The van der Waals surface area contributed by atoms with Crippen molar-refractivity contribution in [1.82, 2.24) is 0 Å². The molecule has 0 radical (unpaired) electrons. The first-order valence-electron chi connectivity index (χ1n) is 34.9. The average molecular weight is 1580 g/mol. The number of fused-ring (bicyclic) bond motifs is 2. The first kappa shape index (κ1) is 83.1. The minimum Gasteiger partial charge on any atom is -0.506 e. The Balaban J connectivity index is 0.000000214. The average Bonchev–Trinajstić information content (AvgIpc) is 1.61. The van der Waals surface area contributed by atoms with Crippen molar-refractivity contribution in [3.8, 4) is 28.7 Å². The Hall–Kier alpha value is -9.56. The van der Waals surface area contributed by atoms with E-state index in [1.165, 1.54) is 81.0 Å². The summed E-state index contributed by atoms with van der Waals surface area (Å²) in [5, 5.41) is 48.8. The summed E-state index contributed by atoms with van der Waals surface area (Å²) >= 11 is 23.2. The molecule has 0 saturated heterocycles. The molecule has 0 saturated carbocycles. The highest BCUT2D eigenvalue weighted by Crippen LogP contribution is 2.51. The van der Waals surface area contributed by atoms with Crippen LogP contribution in [-0.4, -0.2) is 75.2 Å². The van der Waals surface area contributed by atoms with Crippen LogP contribution in [0.4, 0.5) is 45.5 Å². The standard InChI is InChI=1S/C37H50ClN3O6S.C24H21Cl2N3O5S.C18H17ClN2O3/c1-3-5-7-8-9-10-11-12-13-17-20-35(47-30-23-21-29(22-24-30)41-48(45,46)25-6-4-2)37(44)39-32-27-34(42)33(26-31(32)38)40-36(43)28-18-15-14-16-19-28;1-12-4-7-14(8-5-12)34-35(33)29-17-10-13(6-9-15(17)25)22(31)27-18-11-16(26)20-19(21(18)30)24(2,3)23(32)28-20;1-9-5-4-6-10(7-9)16(23)20-12-8-11(19)14-13(15(12)22)18(2,3)17(24)21-14/h14-16,18-19,21-24,26-27,35,41-42H,3-13,17,20,25H2,1-2H3,(H,39,44)(H,40,43);4-11,29-30H,1-3H3,(H,27,31)(H,28,32);4-8,22H,1-3H3,(H,20,23)(H,21,24). The van der Waals surface area contributed by atoms with Crippen molar-refractivity contribution in [2.45, 2.75) is 156 Å². The number of ether oxygens (including phenoxy) is 1. The van der Waals surface area contributed by atoms with Crippen LogP contribution in [0.3, 0.4) is 0 Å². The number of hydrogen-bond donors (Lipinski definition) is 11. The van der Waals surface area contributed by atoms with Crippen molar-refractivity contribution in [3.63, 3.8) is 0 Å². The van der Waals surface area contributed by atoms with Crippen LogP contribution in [0.1, 0.15) is 178 Å². The zero-order valence-corrected chi connectivity index (χ0v) is 65.2. The van der Waals surface area contributed by atoms with Crippen molar-refractivity contribution in [2.24, 2.45) is 0 Å². The number of aromatic hydroxyl groups is 3. The van der Waals surface area contributed by atoms with Crippen LogP contribution >= 0.6 is 46.4 Å². The number of aryl methyl sites for hydroxylation is 2. The Morgan fingerprint density at radius 2 is 1.00 bits per heavy atom. The number of unbranched alkanes of at least 4 members (excludes halogenated alkanes) is 10. The maximum absolute atomic E-state index is 13.5. The lowest BCUT2D eigenvalue weighted by molar-refractivity contribution is -0.123. The molecule has 2 heterocycles. The fraction of sp³-hybridized carbons (Fsp3) is 0.316. The maximum atomic E-state index is 13.5. The molecule has 568 valence electrons. The zero-order chi connectivity index (χ0) is 77.9. The number of rotatable bonds is 30. The number of carbonyl (C=O) groups excluding carboxylic acids is 6. The largest absolute Gasteiger partial charge is 0.506 e. The van der Waals surface area contributed by atoms with Gasteiger partial charge in [-0.3, -0.25) is 38.2 Å². The molecular weight excluding hydrogens is 1490 g/mol. The number of sulfonamides is 1. The molecule has 11 N–H and O–H groups in total. The number of phenols is 3. The Bertz CT molecular complexity index is 4700. The highest BCUT2D eigenvalue weighted by molar-refractivity contribution is 7.92. The lowest BCUT2D eigenvalue weighted by Crippen LogP contribution is -2.33. The van der Waals surface area contributed by atoms with Crippen LogP contribution in [0.15, 0.2) is 146 Å². The number of benzene rings is 8. The third kappa shape index (κ3) is 22.5. The number of carbonyl (C=O) groups is 6. The lowest BCUT2D eigenvalue weighted by atomic mass is 9.85. The second kappa shape index (κ2) is 37.8. The molecule has 0 aromatic heterocycles. The summed E-state index contributed by atoms with van der Waals surface area (Å²) in [5.41, 5.74) is 3.55. The summed E-state index contributed by atoms with van der Waals surface area (Å²) in [7, 11) is -3.45. The molecule has 28 heteroatoms. The molecule has 8 aromatic rings. The summed E-state index contributed by atoms with van der Waals surface area (Å²) in [5.74, 6) is -2.21. The van der Waals surface area contributed by atoms with Gasteiger partial charge in [-0.15, -0.1) is 0 Å². The molecule has 10 rings (SSSR count). The molecule has 2 aliphatic heterocycles. The van der Waals surface area contributed by atoms with E-state index in [1.807, 2.05) is 39.0 Å². The van der Waals surface area contributed by atoms with Gasteiger partial charge in [0.2, 0.25) is 21.8 Å². The predicted octanol–water partition coefficient (Wildman–Crippen LogP) is 18.9. The fourth-order valence-electron chi connectivity index (χ4n) is 11.6. The van der Waals surface area contributed by atoms with Crippen LogP contribution in [0.5, 0.6) is 28.7 Å². The number of hydrogen-bond acceptors (Lipinski definition) is 14. The van der Waals surface area contributed by atoms with Crippen LogP contribution in [-0.2, 0) is 46.5 Å². The van der Waals surface area contributed by atoms with Crippen molar-refractivity contribution in [3.05, 3.63) is 205 Å². The van der Waals surface area contributed by atoms with E-state index in [0.717, 1.165) is 43.2 Å². The normalized spacial score (nSPS) is 13.5.